The van der Waals surface area contributed by atoms with Crippen molar-refractivity contribution in [3.8, 4) is 0 Å². The van der Waals surface area contributed by atoms with Crippen LogP contribution in [0.3, 0.4) is 0 Å². The zero-order chi connectivity index (χ0) is 24.5. The molecule has 0 spiro atoms. The van der Waals surface area contributed by atoms with Gasteiger partial charge in [0.05, 0.1) is 0 Å². The molecule has 0 fully saturated rings. The Hall–Kier alpha value is -1.14. The second kappa shape index (κ2) is 6.43. The lowest BCUT2D eigenvalue weighted by molar-refractivity contribution is -0.453. The van der Waals surface area contributed by atoms with Gasteiger partial charge in [0.25, 0.3) is 0 Å². The second-order valence-corrected chi connectivity index (χ2v) is 7.84. The van der Waals surface area contributed by atoms with E-state index in [1.807, 2.05) is 0 Å². The SMILES string of the molecule is CC(C)(C(F)(F)C(F)(F)C(F)(F)C(F)(F)C(F)(F)C(F)(F)C(F)(F)F)S(=O)(=O)[O-]. The fraction of sp³-hybridized carbons (Fsp3) is 1.00. The third-order valence-corrected chi connectivity index (χ3v) is 5.22. The molecule has 3 nitrogen and oxygen atoms in total. The van der Waals surface area contributed by atoms with Crippen molar-refractivity contribution >= 4 is 10.1 Å². The van der Waals surface area contributed by atoms with Crippen LogP contribution in [0.15, 0.2) is 0 Å². The molecule has 29 heavy (non-hydrogen) atoms. The third-order valence-electron chi connectivity index (χ3n) is 3.71. The summed E-state index contributed by atoms with van der Waals surface area (Å²) in [6.45, 7) is -1.47. The number of hydrogen-bond acceptors (Lipinski definition) is 3. The molecule has 19 heteroatoms. The van der Waals surface area contributed by atoms with Gasteiger partial charge in [-0.25, -0.2) is 8.42 Å². The van der Waals surface area contributed by atoms with Crippen LogP contribution >= 0.6 is 0 Å². The quantitative estimate of drug-likeness (QED) is 0.384. The molecular weight excluding hydrogens is 485 g/mol. The molecule has 0 amide bonds. The van der Waals surface area contributed by atoms with Crippen molar-refractivity contribution < 1.29 is 78.8 Å². The van der Waals surface area contributed by atoms with Gasteiger partial charge >= 0.3 is 41.7 Å². The first-order valence-electron chi connectivity index (χ1n) is 6.29. The fourth-order valence-electron chi connectivity index (χ4n) is 1.50. The minimum absolute atomic E-state index is 0.736. The van der Waals surface area contributed by atoms with Gasteiger partial charge < -0.3 is 4.55 Å². The molecule has 0 N–H and O–H groups in total. The van der Waals surface area contributed by atoms with E-state index in [0.717, 1.165) is 0 Å². The highest BCUT2D eigenvalue weighted by Crippen LogP contribution is 2.63. The molecule has 0 aliphatic rings. The summed E-state index contributed by atoms with van der Waals surface area (Å²) in [6, 6.07) is 0. The van der Waals surface area contributed by atoms with Crippen molar-refractivity contribution in [2.24, 2.45) is 0 Å². The third kappa shape index (κ3) is 3.31. The van der Waals surface area contributed by atoms with E-state index in [4.69, 9.17) is 0 Å². The summed E-state index contributed by atoms with van der Waals surface area (Å²) in [6.07, 6.45) is -7.74. The van der Waals surface area contributed by atoms with Crippen LogP contribution in [0.1, 0.15) is 13.8 Å². The van der Waals surface area contributed by atoms with E-state index < -0.39 is 70.4 Å². The summed E-state index contributed by atoms with van der Waals surface area (Å²) in [7, 11) is -6.81. The topological polar surface area (TPSA) is 57.2 Å². The molecule has 0 bridgehead atoms. The van der Waals surface area contributed by atoms with Crippen molar-refractivity contribution in [3.63, 3.8) is 0 Å². The van der Waals surface area contributed by atoms with E-state index in [9.17, 15) is 78.8 Å². The smallest absolute Gasteiger partial charge is 0.460 e. The van der Waals surface area contributed by atoms with Crippen molar-refractivity contribution in [3.05, 3.63) is 0 Å². The van der Waals surface area contributed by atoms with Crippen LogP contribution in [0.25, 0.3) is 0 Å². The highest BCUT2D eigenvalue weighted by Gasteiger charge is 2.94. The van der Waals surface area contributed by atoms with Gasteiger partial charge in [-0.1, -0.05) is 0 Å². The predicted octanol–water partition coefficient (Wildman–Crippen LogP) is 4.68. The van der Waals surface area contributed by atoms with Gasteiger partial charge in [-0.05, 0) is 13.8 Å². The lowest BCUT2D eigenvalue weighted by Gasteiger charge is -2.45. The maximum Gasteiger partial charge on any atom is 0.460 e. The molecule has 0 aromatic heterocycles. The van der Waals surface area contributed by atoms with Gasteiger partial charge in [0.2, 0.25) is 0 Å². The number of hydrogen-bond donors (Lipinski definition) is 0. The zero-order valence-corrected chi connectivity index (χ0v) is 14.1. The molecule has 0 radical (unpaired) electrons. The Morgan fingerprint density at radius 1 is 0.483 bits per heavy atom. The minimum atomic E-state index is -8.55. The van der Waals surface area contributed by atoms with Crippen LogP contribution in [0.4, 0.5) is 65.9 Å². The van der Waals surface area contributed by atoms with Crippen LogP contribution < -0.4 is 0 Å². The molecule has 0 aliphatic carbocycles. The molecule has 0 aromatic rings. The predicted molar refractivity (Wildman–Crippen MR) is 59.5 cm³/mol. The van der Waals surface area contributed by atoms with Crippen molar-refractivity contribution in [1.29, 1.82) is 0 Å². The van der Waals surface area contributed by atoms with Gasteiger partial charge in [0, 0.05) is 0 Å². The molecule has 0 unspecified atom stereocenters. The number of rotatable bonds is 7. The molecule has 0 aromatic carbocycles. The minimum Gasteiger partial charge on any atom is -0.747 e. The zero-order valence-electron chi connectivity index (χ0n) is 13.3. The fourth-order valence-corrected chi connectivity index (χ4v) is 1.94. The molecular formula is C10H6F15O3S-. The van der Waals surface area contributed by atoms with Gasteiger partial charge in [0.1, 0.15) is 14.9 Å². The Labute approximate surface area is 150 Å². The first kappa shape index (κ1) is 27.9. The van der Waals surface area contributed by atoms with Gasteiger partial charge in [0.15, 0.2) is 0 Å². The lowest BCUT2D eigenvalue weighted by atomic mass is 9.87. The Balaban J connectivity index is 6.90. The van der Waals surface area contributed by atoms with Crippen LogP contribution in [0, 0.1) is 0 Å². The van der Waals surface area contributed by atoms with Crippen LogP contribution in [0.5, 0.6) is 0 Å². The average Bonchev–Trinajstić information content (AvgIpc) is 2.43. The van der Waals surface area contributed by atoms with Crippen LogP contribution in [0.2, 0.25) is 0 Å². The molecule has 0 heterocycles. The van der Waals surface area contributed by atoms with Crippen molar-refractivity contribution in [1.82, 2.24) is 0 Å². The maximum atomic E-state index is 13.6. The van der Waals surface area contributed by atoms with Gasteiger partial charge in [-0.3, -0.25) is 0 Å². The highest BCUT2D eigenvalue weighted by molar-refractivity contribution is 7.87. The van der Waals surface area contributed by atoms with E-state index in [1.165, 1.54) is 0 Å². The Bertz CT molecular complexity index is 734. The first-order chi connectivity index (χ1) is 12.0. The largest absolute Gasteiger partial charge is 0.747 e. The van der Waals surface area contributed by atoms with E-state index >= 15 is 0 Å². The molecule has 0 atom stereocenters. The van der Waals surface area contributed by atoms with E-state index in [2.05, 4.69) is 0 Å². The summed E-state index contributed by atoms with van der Waals surface area (Å²) >= 11 is 0. The second-order valence-electron chi connectivity index (χ2n) is 5.91. The van der Waals surface area contributed by atoms with Gasteiger partial charge in [-0.2, -0.15) is 65.9 Å². The molecule has 0 rings (SSSR count). The Kier molecular flexibility index (Phi) is 6.18. The molecule has 176 valence electrons. The van der Waals surface area contributed by atoms with E-state index in [0.29, 0.717) is 0 Å². The first-order valence-corrected chi connectivity index (χ1v) is 7.70. The van der Waals surface area contributed by atoms with Crippen molar-refractivity contribution in [2.45, 2.75) is 60.3 Å². The monoisotopic (exact) mass is 491 g/mol. The lowest BCUT2D eigenvalue weighted by Crippen LogP contribution is -2.75. The number of halogens is 15. The van der Waals surface area contributed by atoms with Gasteiger partial charge in [-0.15, -0.1) is 0 Å². The molecule has 0 saturated heterocycles. The van der Waals surface area contributed by atoms with Crippen molar-refractivity contribution in [2.75, 3.05) is 0 Å². The van der Waals surface area contributed by atoms with E-state index in [1.54, 1.807) is 0 Å². The van der Waals surface area contributed by atoms with E-state index in [-0.39, 0.29) is 0 Å². The average molecular weight is 491 g/mol. The Morgan fingerprint density at radius 3 is 0.897 bits per heavy atom. The molecule has 0 aliphatic heterocycles. The van der Waals surface area contributed by atoms with Crippen LogP contribution in [-0.2, 0) is 10.1 Å². The Morgan fingerprint density at radius 2 is 0.690 bits per heavy atom. The summed E-state index contributed by atoms with van der Waals surface area (Å²) in [5, 5.41) is 0. The molecule has 0 saturated carbocycles. The standard InChI is InChI=1S/C10H7F15O3S/c1-3(2,29(26,27)28)4(11,12)5(13,14)6(15,16)7(17,18)8(19,20)9(21,22)10(23,24)25/h1-2H3,(H,26,27,28)/p-1. The number of alkyl halides is 15. The normalized spacial score (nSPS) is 16.9. The summed E-state index contributed by atoms with van der Waals surface area (Å²) < 4.78 is 221. The maximum absolute atomic E-state index is 13.6. The summed E-state index contributed by atoms with van der Waals surface area (Å²) in [4.78, 5) is 0. The van der Waals surface area contributed by atoms with Crippen LogP contribution in [-0.4, -0.2) is 59.4 Å². The summed E-state index contributed by atoms with van der Waals surface area (Å²) in [5.74, 6) is -48.8. The highest BCUT2D eigenvalue weighted by atomic mass is 32.2. The summed E-state index contributed by atoms with van der Waals surface area (Å²) in [5.41, 5.74) is 0.